The molecule has 7 heteroatoms. The lowest BCUT2D eigenvalue weighted by molar-refractivity contribution is 0.400. The molecule has 0 saturated heterocycles. The molecule has 0 amide bonds. The molecule has 1 saturated carbocycles. The van der Waals surface area contributed by atoms with Gasteiger partial charge < -0.3 is 10.1 Å². The number of rotatable bonds is 5. The van der Waals surface area contributed by atoms with Gasteiger partial charge in [0.2, 0.25) is 5.88 Å². The molecule has 1 aliphatic rings. The second kappa shape index (κ2) is 7.80. The number of ether oxygens (including phenoxy) is 1. The van der Waals surface area contributed by atoms with E-state index < -0.39 is 0 Å². The molecule has 1 aliphatic carbocycles. The lowest BCUT2D eigenvalue weighted by Gasteiger charge is -2.24. The molecule has 2 aromatic carbocycles. The molecular weight excluding hydrogens is 422 g/mol. The van der Waals surface area contributed by atoms with Crippen molar-refractivity contribution in [2.75, 3.05) is 5.32 Å². The third-order valence-corrected chi connectivity index (χ3v) is 6.24. The zero-order valence-corrected chi connectivity index (χ0v) is 18.0. The highest BCUT2D eigenvalue weighted by Crippen LogP contribution is 2.37. The summed E-state index contributed by atoms with van der Waals surface area (Å²) in [5.74, 6) is 3.61. The van der Waals surface area contributed by atoms with Gasteiger partial charge in [0, 0.05) is 29.8 Å². The zero-order chi connectivity index (χ0) is 21.5. The largest absolute Gasteiger partial charge is 0.439 e. The second-order valence-corrected chi connectivity index (χ2v) is 8.40. The Labute approximate surface area is 189 Å². The van der Waals surface area contributed by atoms with E-state index in [1.807, 2.05) is 67.0 Å². The summed E-state index contributed by atoms with van der Waals surface area (Å²) in [7, 11) is 0. The molecule has 0 spiro atoms. The smallest absolute Gasteiger partial charge is 0.219 e. The Morgan fingerprint density at radius 3 is 2.72 bits per heavy atom. The van der Waals surface area contributed by atoms with Crippen molar-refractivity contribution in [3.8, 4) is 11.6 Å². The van der Waals surface area contributed by atoms with E-state index in [0.717, 1.165) is 33.7 Å². The van der Waals surface area contributed by atoms with Crippen LogP contribution in [0.25, 0.3) is 16.4 Å². The van der Waals surface area contributed by atoms with Gasteiger partial charge in [0.25, 0.3) is 0 Å². The highest BCUT2D eigenvalue weighted by molar-refractivity contribution is 6.34. The Morgan fingerprint density at radius 1 is 1.03 bits per heavy atom. The van der Waals surface area contributed by atoms with Crippen LogP contribution in [-0.2, 0) is 0 Å². The first-order chi connectivity index (χ1) is 15.7. The van der Waals surface area contributed by atoms with Crippen LogP contribution < -0.4 is 10.1 Å². The van der Waals surface area contributed by atoms with E-state index in [4.69, 9.17) is 16.3 Å². The van der Waals surface area contributed by atoms with Gasteiger partial charge in [-0.1, -0.05) is 36.2 Å². The summed E-state index contributed by atoms with van der Waals surface area (Å²) in [4.78, 5) is 13.9. The van der Waals surface area contributed by atoms with Gasteiger partial charge in [0.05, 0.1) is 22.4 Å². The van der Waals surface area contributed by atoms with Crippen molar-refractivity contribution in [2.45, 2.75) is 25.2 Å². The predicted octanol–water partition coefficient (Wildman–Crippen LogP) is 6.73. The molecule has 0 atom stereocenters. The number of fused-ring (bicyclic) bond motifs is 2. The van der Waals surface area contributed by atoms with E-state index in [2.05, 4.69) is 24.7 Å². The molecule has 1 fully saturated rings. The Hall–Kier alpha value is -3.64. The first kappa shape index (κ1) is 19.1. The zero-order valence-electron chi connectivity index (χ0n) is 17.2. The number of pyridine rings is 1. The number of benzene rings is 2. The fourth-order valence-electron chi connectivity index (χ4n) is 4.03. The van der Waals surface area contributed by atoms with Crippen molar-refractivity contribution < 1.29 is 4.74 Å². The minimum absolute atomic E-state index is 0.526. The van der Waals surface area contributed by atoms with Gasteiger partial charge in [-0.3, -0.25) is 4.40 Å². The predicted molar refractivity (Wildman–Crippen MR) is 126 cm³/mol. The number of nitrogens with zero attached hydrogens (tertiary/aromatic N) is 4. The molecule has 5 aromatic rings. The van der Waals surface area contributed by atoms with Crippen LogP contribution in [0.2, 0.25) is 5.02 Å². The van der Waals surface area contributed by atoms with Gasteiger partial charge in [-0.2, -0.15) is 0 Å². The highest BCUT2D eigenvalue weighted by atomic mass is 35.5. The summed E-state index contributed by atoms with van der Waals surface area (Å²) in [5.41, 5.74) is 2.44. The van der Waals surface area contributed by atoms with Crippen molar-refractivity contribution in [2.24, 2.45) is 0 Å². The molecule has 0 aliphatic heterocycles. The molecule has 6 nitrogen and oxygen atoms in total. The van der Waals surface area contributed by atoms with Crippen LogP contribution in [0.4, 0.5) is 11.5 Å². The first-order valence-corrected chi connectivity index (χ1v) is 11.0. The van der Waals surface area contributed by atoms with Crippen LogP contribution in [0.3, 0.4) is 0 Å². The van der Waals surface area contributed by atoms with Crippen molar-refractivity contribution in [3.05, 3.63) is 84.0 Å². The van der Waals surface area contributed by atoms with Gasteiger partial charge in [-0.15, -0.1) is 0 Å². The normalized spacial score (nSPS) is 13.9. The van der Waals surface area contributed by atoms with Crippen LogP contribution in [-0.4, -0.2) is 19.4 Å². The minimum atomic E-state index is 0.526. The topological polar surface area (TPSA) is 64.3 Å². The number of para-hydroxylation sites is 1. The number of hydrogen-bond acceptors (Lipinski definition) is 5. The van der Waals surface area contributed by atoms with E-state index in [1.54, 1.807) is 6.20 Å². The number of aromatic nitrogens is 4. The van der Waals surface area contributed by atoms with Crippen LogP contribution >= 0.6 is 11.6 Å². The fraction of sp³-hybridized carbons (Fsp3) is 0.160. The third-order valence-electron chi connectivity index (χ3n) is 5.93. The number of hydrogen-bond donors (Lipinski definition) is 1. The Morgan fingerprint density at radius 2 is 1.91 bits per heavy atom. The maximum Gasteiger partial charge on any atom is 0.219 e. The average Bonchev–Trinajstić information content (AvgIpc) is 3.19. The maximum atomic E-state index is 6.59. The lowest BCUT2D eigenvalue weighted by Crippen LogP contribution is -2.12. The van der Waals surface area contributed by atoms with E-state index in [-0.39, 0.29) is 0 Å². The van der Waals surface area contributed by atoms with E-state index in [9.17, 15) is 0 Å². The first-order valence-electron chi connectivity index (χ1n) is 10.7. The fourth-order valence-corrected chi connectivity index (χ4v) is 4.25. The van der Waals surface area contributed by atoms with Crippen LogP contribution in [0.15, 0.2) is 73.2 Å². The molecular formula is C25H20ClN5O. The summed E-state index contributed by atoms with van der Waals surface area (Å²) >= 11 is 6.59. The SMILES string of the molecule is Clc1cc2ccc(Oc3ccccc3)nc2cc1Nc1nccn2c(C3CCC3)ncc12. The second-order valence-electron chi connectivity index (χ2n) is 7.99. The van der Waals surface area contributed by atoms with Crippen LogP contribution in [0.5, 0.6) is 11.6 Å². The Kier molecular flexibility index (Phi) is 4.65. The van der Waals surface area contributed by atoms with Crippen molar-refractivity contribution in [3.63, 3.8) is 0 Å². The molecule has 0 bridgehead atoms. The van der Waals surface area contributed by atoms with E-state index >= 15 is 0 Å². The van der Waals surface area contributed by atoms with Gasteiger partial charge in [-0.25, -0.2) is 15.0 Å². The average molecular weight is 442 g/mol. The van der Waals surface area contributed by atoms with E-state index in [0.29, 0.717) is 22.6 Å². The maximum absolute atomic E-state index is 6.59. The quantitative estimate of drug-likeness (QED) is 0.327. The van der Waals surface area contributed by atoms with Crippen LogP contribution in [0.1, 0.15) is 31.0 Å². The number of halogens is 1. The molecule has 6 rings (SSSR count). The summed E-state index contributed by atoms with van der Waals surface area (Å²) in [5, 5.41) is 4.91. The molecule has 3 heterocycles. The summed E-state index contributed by atoms with van der Waals surface area (Å²) < 4.78 is 8.01. The minimum Gasteiger partial charge on any atom is -0.439 e. The van der Waals surface area contributed by atoms with Gasteiger partial charge in [0.15, 0.2) is 5.82 Å². The summed E-state index contributed by atoms with van der Waals surface area (Å²) in [6, 6.07) is 17.2. The van der Waals surface area contributed by atoms with Crippen molar-refractivity contribution >= 4 is 39.5 Å². The molecule has 0 unspecified atom stereocenters. The van der Waals surface area contributed by atoms with Crippen molar-refractivity contribution in [1.82, 2.24) is 19.4 Å². The number of nitrogens with one attached hydrogen (secondary N) is 1. The van der Waals surface area contributed by atoms with Gasteiger partial charge >= 0.3 is 0 Å². The standard InChI is InChI=1S/C25H20ClN5O/c26-19-13-17-9-10-23(32-18-7-2-1-3-8-18)29-20(17)14-21(19)30-24-22-15-28-25(16-5-4-6-16)31(22)12-11-27-24/h1-3,7-16H,4-6H2,(H,27,30). The van der Waals surface area contributed by atoms with Gasteiger partial charge in [-0.05, 0) is 43.2 Å². The van der Waals surface area contributed by atoms with E-state index in [1.165, 1.54) is 19.3 Å². The third kappa shape index (κ3) is 3.42. The number of imidazole rings is 1. The van der Waals surface area contributed by atoms with Gasteiger partial charge in [0.1, 0.15) is 17.1 Å². The Balaban J connectivity index is 1.35. The molecule has 3 aromatic heterocycles. The van der Waals surface area contributed by atoms with Crippen molar-refractivity contribution in [1.29, 1.82) is 0 Å². The molecule has 1 N–H and O–H groups in total. The van der Waals surface area contributed by atoms with Crippen LogP contribution in [0, 0.1) is 0 Å². The highest BCUT2D eigenvalue weighted by Gasteiger charge is 2.24. The summed E-state index contributed by atoms with van der Waals surface area (Å²) in [6.07, 6.45) is 9.29. The molecule has 158 valence electrons. The lowest BCUT2D eigenvalue weighted by atomic mass is 9.85. The molecule has 0 radical (unpaired) electrons. The molecule has 32 heavy (non-hydrogen) atoms. The summed E-state index contributed by atoms with van der Waals surface area (Å²) in [6.45, 7) is 0. The monoisotopic (exact) mass is 441 g/mol. The Bertz CT molecular complexity index is 1430. The number of anilines is 2.